The maximum absolute atomic E-state index is 13.0. The van der Waals surface area contributed by atoms with Crippen molar-refractivity contribution in [3.05, 3.63) is 47.1 Å². The van der Waals surface area contributed by atoms with Crippen molar-refractivity contribution in [2.75, 3.05) is 6.61 Å². The van der Waals surface area contributed by atoms with Gasteiger partial charge in [0.2, 0.25) is 5.76 Å². The molecule has 0 bridgehead atoms. The largest absolute Gasteiger partial charge is 0.499 e. The molecule has 1 aromatic carbocycles. The second-order valence-electron chi connectivity index (χ2n) is 7.51. The van der Waals surface area contributed by atoms with E-state index < -0.39 is 11.7 Å². The van der Waals surface area contributed by atoms with Crippen LogP contribution in [0.25, 0.3) is 33.1 Å². The third-order valence-electron chi connectivity index (χ3n) is 5.53. The Kier molecular flexibility index (Phi) is 7.36. The highest BCUT2D eigenvalue weighted by molar-refractivity contribution is 6.19. The molecule has 0 spiro atoms. The van der Waals surface area contributed by atoms with Crippen LogP contribution in [0.15, 0.2) is 36.7 Å². The van der Waals surface area contributed by atoms with E-state index in [2.05, 4.69) is 23.8 Å². The van der Waals surface area contributed by atoms with Gasteiger partial charge in [-0.15, -0.1) is 0 Å². The predicted octanol–water partition coefficient (Wildman–Crippen LogP) is 3.41. The molecule has 0 amide bonds. The van der Waals surface area contributed by atoms with Gasteiger partial charge in [-0.25, -0.2) is 4.79 Å². The van der Waals surface area contributed by atoms with Gasteiger partial charge in [0.05, 0.1) is 22.9 Å². The number of esters is 1. The fourth-order valence-corrected chi connectivity index (χ4v) is 3.78. The van der Waals surface area contributed by atoms with Gasteiger partial charge in [-0.3, -0.25) is 9.97 Å². The van der Waals surface area contributed by atoms with E-state index in [-0.39, 0.29) is 28.5 Å². The van der Waals surface area contributed by atoms with Gasteiger partial charge in [-0.05, 0) is 24.5 Å². The number of hydrogen-bond donors (Lipinski definition) is 1. The Morgan fingerprint density at radius 3 is 2.25 bits per heavy atom. The first-order valence-electron chi connectivity index (χ1n) is 10.6. The SMILES string of the molecule is CCCCC(CC)COC(=O)/C(C#N)=c1\c2cccnc2/c(=C(/O)C#N)c2cccnc12. The Morgan fingerprint density at radius 1 is 1.06 bits per heavy atom. The Hall–Kier alpha value is -3.97. The highest BCUT2D eigenvalue weighted by atomic mass is 16.5. The number of aliphatic hydroxyl groups excluding tert-OH is 1. The van der Waals surface area contributed by atoms with Gasteiger partial charge < -0.3 is 9.84 Å². The third kappa shape index (κ3) is 4.38. The number of aliphatic hydroxyl groups is 1. The summed E-state index contributed by atoms with van der Waals surface area (Å²) < 4.78 is 5.54. The Bertz CT molecular complexity index is 1300. The molecule has 2 heterocycles. The van der Waals surface area contributed by atoms with Gasteiger partial charge in [-0.2, -0.15) is 10.5 Å². The number of unbranched alkanes of at least 4 members (excludes halogenated alkanes) is 1. The number of hydrogen-bond acceptors (Lipinski definition) is 7. The first-order chi connectivity index (χ1) is 15.6. The number of benzene rings is 1. The van der Waals surface area contributed by atoms with Crippen molar-refractivity contribution in [1.29, 1.82) is 10.5 Å². The van der Waals surface area contributed by atoms with Crippen LogP contribution in [-0.4, -0.2) is 27.7 Å². The third-order valence-corrected chi connectivity index (χ3v) is 5.53. The average Bonchev–Trinajstić information content (AvgIpc) is 2.83. The number of nitriles is 2. The maximum atomic E-state index is 13.0. The Morgan fingerprint density at radius 2 is 1.69 bits per heavy atom. The van der Waals surface area contributed by atoms with E-state index in [1.165, 1.54) is 12.4 Å². The van der Waals surface area contributed by atoms with Crippen LogP contribution in [0.4, 0.5) is 0 Å². The van der Waals surface area contributed by atoms with E-state index in [9.17, 15) is 20.4 Å². The molecule has 1 N–H and O–H groups in total. The zero-order valence-corrected chi connectivity index (χ0v) is 18.1. The van der Waals surface area contributed by atoms with E-state index in [1.54, 1.807) is 30.3 Å². The first kappa shape index (κ1) is 22.7. The molecule has 3 rings (SSSR count). The lowest BCUT2D eigenvalue weighted by atomic mass is 10.00. The number of nitrogens with zero attached hydrogens (tertiary/aromatic N) is 4. The number of fused-ring (bicyclic) bond motifs is 2. The summed E-state index contributed by atoms with van der Waals surface area (Å²) in [6, 6.07) is 10.4. The van der Waals surface area contributed by atoms with Crippen LogP contribution in [-0.2, 0) is 9.53 Å². The van der Waals surface area contributed by atoms with Gasteiger partial charge in [0.25, 0.3) is 0 Å². The van der Waals surface area contributed by atoms with Crippen LogP contribution in [0.3, 0.4) is 0 Å². The molecule has 2 aromatic heterocycles. The lowest BCUT2D eigenvalue weighted by Gasteiger charge is -2.14. The van der Waals surface area contributed by atoms with E-state index in [0.29, 0.717) is 21.8 Å². The fraction of sp³-hybridized carbons (Fsp3) is 0.320. The molecule has 3 aromatic rings. The van der Waals surface area contributed by atoms with Gasteiger partial charge in [-0.1, -0.05) is 45.2 Å². The van der Waals surface area contributed by atoms with Crippen LogP contribution in [0.5, 0.6) is 0 Å². The van der Waals surface area contributed by atoms with Crippen molar-refractivity contribution in [3.63, 3.8) is 0 Å². The van der Waals surface area contributed by atoms with Crippen molar-refractivity contribution >= 4 is 39.1 Å². The summed E-state index contributed by atoms with van der Waals surface area (Å²) in [6.07, 6.45) is 7.00. The summed E-state index contributed by atoms with van der Waals surface area (Å²) in [5.74, 6) is -1.00. The monoisotopic (exact) mass is 428 g/mol. The molecule has 0 aliphatic heterocycles. The smallest absolute Gasteiger partial charge is 0.349 e. The molecule has 7 nitrogen and oxygen atoms in total. The minimum Gasteiger partial charge on any atom is -0.499 e. The van der Waals surface area contributed by atoms with Crippen LogP contribution in [0, 0.1) is 28.6 Å². The van der Waals surface area contributed by atoms with E-state index in [0.717, 1.165) is 25.7 Å². The van der Waals surface area contributed by atoms with Crippen molar-refractivity contribution < 1.29 is 14.6 Å². The topological polar surface area (TPSA) is 120 Å². The highest BCUT2D eigenvalue weighted by Gasteiger charge is 2.20. The summed E-state index contributed by atoms with van der Waals surface area (Å²) in [6.45, 7) is 4.41. The van der Waals surface area contributed by atoms with Crippen LogP contribution >= 0.6 is 0 Å². The predicted molar refractivity (Wildman–Crippen MR) is 121 cm³/mol. The molecule has 0 radical (unpaired) electrons. The number of carbonyl (C=O) groups excluding carboxylic acids is 1. The molecule has 0 saturated carbocycles. The van der Waals surface area contributed by atoms with Gasteiger partial charge >= 0.3 is 5.97 Å². The second-order valence-corrected chi connectivity index (χ2v) is 7.51. The molecule has 7 heteroatoms. The molecule has 32 heavy (non-hydrogen) atoms. The standard InChI is InChI=1S/C25H24N4O3/c1-3-5-8-16(4-2)15-32-25(31)19(13-26)21-17-9-6-12-29-24(17)22(20(30)14-27)18-10-7-11-28-23(18)21/h6-7,9-12,16,30H,3-5,8,15H2,1-2H3/b21-19+,22-20+. The number of aromatic nitrogens is 2. The van der Waals surface area contributed by atoms with E-state index >= 15 is 0 Å². The summed E-state index contributed by atoms with van der Waals surface area (Å²) in [7, 11) is 0. The molecule has 0 fully saturated rings. The van der Waals surface area contributed by atoms with E-state index in [1.807, 2.05) is 6.07 Å². The van der Waals surface area contributed by atoms with Crippen molar-refractivity contribution in [3.8, 4) is 12.1 Å². The molecule has 0 aliphatic rings. The lowest BCUT2D eigenvalue weighted by Crippen LogP contribution is -2.24. The van der Waals surface area contributed by atoms with Crippen molar-refractivity contribution in [2.45, 2.75) is 39.5 Å². The minimum absolute atomic E-state index is 0.181. The molecule has 0 saturated heterocycles. The Labute approximate surface area is 185 Å². The van der Waals surface area contributed by atoms with Gasteiger partial charge in [0.15, 0.2) is 0 Å². The molecular weight excluding hydrogens is 404 g/mol. The number of pyridine rings is 2. The second kappa shape index (κ2) is 10.4. The molecule has 1 atom stereocenters. The van der Waals surface area contributed by atoms with Crippen LogP contribution < -0.4 is 10.4 Å². The normalized spacial score (nSPS) is 13.8. The summed E-state index contributed by atoms with van der Waals surface area (Å²) >= 11 is 0. The van der Waals surface area contributed by atoms with Crippen molar-refractivity contribution in [2.24, 2.45) is 5.92 Å². The molecule has 162 valence electrons. The molecule has 0 aliphatic carbocycles. The number of ether oxygens (including phenoxy) is 1. The van der Waals surface area contributed by atoms with E-state index in [4.69, 9.17) is 4.74 Å². The van der Waals surface area contributed by atoms with Crippen molar-refractivity contribution in [1.82, 2.24) is 9.97 Å². The highest BCUT2D eigenvalue weighted by Crippen LogP contribution is 2.16. The summed E-state index contributed by atoms with van der Waals surface area (Å²) in [5, 5.41) is 30.9. The number of carbonyl (C=O) groups is 1. The average molecular weight is 428 g/mol. The fourth-order valence-electron chi connectivity index (χ4n) is 3.78. The minimum atomic E-state index is -0.721. The molecular formula is C25H24N4O3. The lowest BCUT2D eigenvalue weighted by molar-refractivity contribution is -0.138. The summed E-state index contributed by atoms with van der Waals surface area (Å²) in [5.41, 5.74) is 0.438. The zero-order valence-electron chi connectivity index (χ0n) is 18.1. The zero-order chi connectivity index (χ0) is 23.1. The van der Waals surface area contributed by atoms with Gasteiger partial charge in [0, 0.05) is 28.4 Å². The summed E-state index contributed by atoms with van der Waals surface area (Å²) in [4.78, 5) is 21.7. The number of rotatable bonds is 7. The maximum Gasteiger partial charge on any atom is 0.349 e. The quantitative estimate of drug-likeness (QED) is 0.348. The molecule has 1 unspecified atom stereocenters. The van der Waals surface area contributed by atoms with Crippen LogP contribution in [0.1, 0.15) is 39.5 Å². The first-order valence-corrected chi connectivity index (χ1v) is 10.6. The van der Waals surface area contributed by atoms with Gasteiger partial charge in [0.1, 0.15) is 17.7 Å². The van der Waals surface area contributed by atoms with Crippen LogP contribution in [0.2, 0.25) is 0 Å². The Balaban J connectivity index is 2.30.